The fraction of sp³-hybridized carbons (Fsp3) is 0.222. The fourth-order valence-corrected chi connectivity index (χ4v) is 1.26. The number of hydrogen-bond acceptors (Lipinski definition) is 4. The molecule has 0 unspecified atom stereocenters. The quantitative estimate of drug-likeness (QED) is 0.633. The lowest BCUT2D eigenvalue weighted by atomic mass is 10.2. The highest BCUT2D eigenvalue weighted by Crippen LogP contribution is 2.11. The van der Waals surface area contributed by atoms with Crippen molar-refractivity contribution in [3.8, 4) is 0 Å². The van der Waals surface area contributed by atoms with E-state index in [0.29, 0.717) is 16.6 Å². The number of fused-ring (bicyclic) bond motifs is 1. The molecule has 0 aliphatic rings. The summed E-state index contributed by atoms with van der Waals surface area (Å²) in [6.07, 6.45) is 0. The lowest BCUT2D eigenvalue weighted by Gasteiger charge is -2.01. The van der Waals surface area contributed by atoms with Crippen molar-refractivity contribution in [1.82, 2.24) is 15.4 Å². The first-order valence-corrected chi connectivity index (χ1v) is 4.88. The lowest BCUT2D eigenvalue weighted by Crippen LogP contribution is -2.06. The first-order valence-electron chi connectivity index (χ1n) is 4.35. The summed E-state index contributed by atoms with van der Waals surface area (Å²) in [5, 5.41) is 10.2. The molecule has 0 spiro atoms. The van der Waals surface area contributed by atoms with E-state index in [-0.39, 0.29) is 12.5 Å². The van der Waals surface area contributed by atoms with Gasteiger partial charge in [-0.15, -0.1) is 11.6 Å². The summed E-state index contributed by atoms with van der Waals surface area (Å²) in [5.41, 5.74) is 1.79. The third-order valence-electron chi connectivity index (χ3n) is 1.86. The predicted molar refractivity (Wildman–Crippen MR) is 54.9 cm³/mol. The van der Waals surface area contributed by atoms with Gasteiger partial charge in [0.05, 0.1) is 11.4 Å². The van der Waals surface area contributed by atoms with E-state index >= 15 is 0 Å². The average Bonchev–Trinajstić information content (AvgIpc) is 2.72. The highest BCUT2D eigenvalue weighted by Gasteiger charge is 2.08. The summed E-state index contributed by atoms with van der Waals surface area (Å²) < 4.78 is 4.87. The van der Waals surface area contributed by atoms with Crippen molar-refractivity contribution in [2.24, 2.45) is 0 Å². The predicted octanol–water partition coefficient (Wildman–Crippen LogP) is 1.35. The molecule has 15 heavy (non-hydrogen) atoms. The molecule has 0 bridgehead atoms. The summed E-state index contributed by atoms with van der Waals surface area (Å²) in [4.78, 5) is 11.4. The molecule has 78 valence electrons. The number of carbonyl (C=O) groups is 1. The van der Waals surface area contributed by atoms with Gasteiger partial charge in [-0.1, -0.05) is 0 Å². The minimum Gasteiger partial charge on any atom is -0.461 e. The Morgan fingerprint density at radius 3 is 3.00 bits per heavy atom. The highest BCUT2D eigenvalue weighted by atomic mass is 35.5. The van der Waals surface area contributed by atoms with Crippen LogP contribution in [-0.4, -0.2) is 33.9 Å². The first kappa shape index (κ1) is 9.92. The maximum atomic E-state index is 11.4. The molecule has 6 heteroatoms. The van der Waals surface area contributed by atoms with Crippen molar-refractivity contribution in [2.45, 2.75) is 0 Å². The van der Waals surface area contributed by atoms with E-state index in [4.69, 9.17) is 16.3 Å². The molecule has 0 fully saturated rings. The van der Waals surface area contributed by atoms with Gasteiger partial charge in [0.15, 0.2) is 0 Å². The SMILES string of the molecule is O=C(OCCCl)c1ccc2n[nH]nc2c1. The van der Waals surface area contributed by atoms with Crippen LogP contribution in [0.1, 0.15) is 10.4 Å². The number of ether oxygens (including phenoxy) is 1. The first-order chi connectivity index (χ1) is 7.31. The Kier molecular flexibility index (Phi) is 2.82. The topological polar surface area (TPSA) is 67.9 Å². The number of benzene rings is 1. The van der Waals surface area contributed by atoms with Gasteiger partial charge >= 0.3 is 5.97 Å². The monoisotopic (exact) mass is 225 g/mol. The largest absolute Gasteiger partial charge is 0.461 e. The molecule has 1 aromatic heterocycles. The molecule has 0 amide bonds. The third-order valence-corrected chi connectivity index (χ3v) is 2.02. The number of H-pyrrole nitrogens is 1. The normalized spacial score (nSPS) is 10.5. The molecule has 0 atom stereocenters. The Balaban J connectivity index is 2.23. The van der Waals surface area contributed by atoms with Gasteiger partial charge in [0.1, 0.15) is 17.6 Å². The zero-order valence-corrected chi connectivity index (χ0v) is 8.49. The molecule has 1 aromatic carbocycles. The van der Waals surface area contributed by atoms with Gasteiger partial charge in [-0.2, -0.15) is 15.4 Å². The van der Waals surface area contributed by atoms with Gasteiger partial charge in [-0.3, -0.25) is 0 Å². The number of nitrogens with zero attached hydrogens (tertiary/aromatic N) is 2. The van der Waals surface area contributed by atoms with Crippen molar-refractivity contribution in [2.75, 3.05) is 12.5 Å². The molecule has 0 saturated carbocycles. The summed E-state index contributed by atoms with van der Waals surface area (Å²) in [6, 6.07) is 4.97. The second kappa shape index (κ2) is 4.27. The molecule has 0 radical (unpaired) electrons. The van der Waals surface area contributed by atoms with Gasteiger partial charge in [-0.05, 0) is 18.2 Å². The van der Waals surface area contributed by atoms with Crippen LogP contribution in [0.15, 0.2) is 18.2 Å². The van der Waals surface area contributed by atoms with Crippen LogP contribution in [0.3, 0.4) is 0 Å². The number of hydrogen-bond donors (Lipinski definition) is 1. The van der Waals surface area contributed by atoms with Crippen molar-refractivity contribution in [1.29, 1.82) is 0 Å². The molecule has 0 aliphatic heterocycles. The highest BCUT2D eigenvalue weighted by molar-refractivity contribution is 6.18. The van der Waals surface area contributed by atoms with E-state index in [1.165, 1.54) is 0 Å². The van der Waals surface area contributed by atoms with E-state index in [1.807, 2.05) is 0 Å². The summed E-state index contributed by atoms with van der Waals surface area (Å²) in [5.74, 6) is -0.113. The van der Waals surface area contributed by atoms with Crippen LogP contribution >= 0.6 is 11.6 Å². The number of alkyl halides is 1. The summed E-state index contributed by atoms with van der Waals surface area (Å²) in [6.45, 7) is 0.206. The number of aromatic amines is 1. The molecule has 1 N–H and O–H groups in total. The zero-order chi connectivity index (χ0) is 10.7. The van der Waals surface area contributed by atoms with E-state index in [0.717, 1.165) is 0 Å². The number of carbonyl (C=O) groups excluding carboxylic acids is 1. The molecule has 1 heterocycles. The van der Waals surface area contributed by atoms with Gasteiger partial charge in [-0.25, -0.2) is 4.79 Å². The van der Waals surface area contributed by atoms with Gasteiger partial charge in [0.25, 0.3) is 0 Å². The second-order valence-corrected chi connectivity index (χ2v) is 3.23. The van der Waals surface area contributed by atoms with Crippen LogP contribution < -0.4 is 0 Å². The van der Waals surface area contributed by atoms with Crippen LogP contribution in [0, 0.1) is 0 Å². The van der Waals surface area contributed by atoms with Gasteiger partial charge < -0.3 is 4.74 Å². The molecule has 5 nitrogen and oxygen atoms in total. The molecular weight excluding hydrogens is 218 g/mol. The van der Waals surface area contributed by atoms with Crippen LogP contribution in [0.25, 0.3) is 11.0 Å². The summed E-state index contributed by atoms with van der Waals surface area (Å²) >= 11 is 5.41. The Labute approximate surface area is 90.4 Å². The lowest BCUT2D eigenvalue weighted by molar-refractivity contribution is 0.0529. The molecular formula is C9H8ClN3O2. The summed E-state index contributed by atoms with van der Waals surface area (Å²) in [7, 11) is 0. The number of nitrogens with one attached hydrogen (secondary N) is 1. The Bertz CT molecular complexity index is 483. The average molecular weight is 226 g/mol. The maximum absolute atomic E-state index is 11.4. The van der Waals surface area contributed by atoms with Crippen molar-refractivity contribution in [3.63, 3.8) is 0 Å². The van der Waals surface area contributed by atoms with Crippen LogP contribution in [0.5, 0.6) is 0 Å². The maximum Gasteiger partial charge on any atom is 0.338 e. The minimum absolute atomic E-state index is 0.206. The van der Waals surface area contributed by atoms with Crippen molar-refractivity contribution < 1.29 is 9.53 Å². The van der Waals surface area contributed by atoms with E-state index in [2.05, 4.69) is 15.4 Å². The molecule has 2 rings (SSSR count). The molecule has 2 aromatic rings. The van der Waals surface area contributed by atoms with E-state index in [1.54, 1.807) is 18.2 Å². The third kappa shape index (κ3) is 2.07. The molecule has 0 aliphatic carbocycles. The van der Waals surface area contributed by atoms with Crippen molar-refractivity contribution >= 4 is 28.6 Å². The number of halogens is 1. The van der Waals surface area contributed by atoms with E-state index < -0.39 is 5.97 Å². The molecule has 0 saturated heterocycles. The standard InChI is InChI=1S/C9H8ClN3O2/c10-3-4-15-9(14)6-1-2-7-8(5-6)12-13-11-7/h1-2,5H,3-4H2,(H,11,12,13). The second-order valence-electron chi connectivity index (χ2n) is 2.85. The zero-order valence-electron chi connectivity index (χ0n) is 7.74. The minimum atomic E-state index is -0.402. The number of esters is 1. The Hall–Kier alpha value is -1.62. The van der Waals surface area contributed by atoms with Crippen LogP contribution in [0.4, 0.5) is 0 Å². The van der Waals surface area contributed by atoms with Gasteiger partial charge in [0.2, 0.25) is 0 Å². The fourth-order valence-electron chi connectivity index (χ4n) is 1.18. The van der Waals surface area contributed by atoms with E-state index in [9.17, 15) is 4.79 Å². The van der Waals surface area contributed by atoms with Gasteiger partial charge in [0, 0.05) is 0 Å². The van der Waals surface area contributed by atoms with Crippen molar-refractivity contribution in [3.05, 3.63) is 23.8 Å². The number of aromatic nitrogens is 3. The smallest absolute Gasteiger partial charge is 0.338 e. The van der Waals surface area contributed by atoms with Crippen LogP contribution in [-0.2, 0) is 4.74 Å². The Morgan fingerprint density at radius 1 is 1.40 bits per heavy atom. The van der Waals surface area contributed by atoms with Crippen LogP contribution in [0.2, 0.25) is 0 Å². The Morgan fingerprint density at radius 2 is 2.20 bits per heavy atom. The number of rotatable bonds is 3.